The molecule has 10 heteroatoms. The number of benzene rings is 2. The van der Waals surface area contributed by atoms with Crippen molar-refractivity contribution in [2.24, 2.45) is 0 Å². The highest BCUT2D eigenvalue weighted by Crippen LogP contribution is 2.36. The maximum absolute atomic E-state index is 13.5. The van der Waals surface area contributed by atoms with Crippen molar-refractivity contribution in [3.8, 4) is 29.6 Å². The zero-order valence-corrected chi connectivity index (χ0v) is 22.3. The van der Waals surface area contributed by atoms with Crippen LogP contribution in [0.3, 0.4) is 0 Å². The molecule has 0 aromatic heterocycles. The van der Waals surface area contributed by atoms with Gasteiger partial charge in [0.15, 0.2) is 16.6 Å². The van der Waals surface area contributed by atoms with Gasteiger partial charge in [-0.05, 0) is 89.8 Å². The van der Waals surface area contributed by atoms with Crippen LogP contribution in [0.5, 0.6) is 17.2 Å². The number of hydrogen-bond acceptors (Lipinski definition) is 7. The van der Waals surface area contributed by atoms with E-state index in [0.29, 0.717) is 35.1 Å². The second kappa shape index (κ2) is 11.9. The molecule has 3 rings (SSSR count). The van der Waals surface area contributed by atoms with Crippen LogP contribution in [-0.4, -0.2) is 55.9 Å². The second-order valence-electron chi connectivity index (χ2n) is 7.07. The van der Waals surface area contributed by atoms with Gasteiger partial charge in [-0.15, -0.1) is 6.42 Å². The minimum Gasteiger partial charge on any atom is -0.497 e. The van der Waals surface area contributed by atoms with Gasteiger partial charge < -0.3 is 23.8 Å². The van der Waals surface area contributed by atoms with Gasteiger partial charge in [0.05, 0.1) is 30.1 Å². The minimum absolute atomic E-state index is 0.0903. The van der Waals surface area contributed by atoms with Gasteiger partial charge in [-0.25, -0.2) is 0 Å². The van der Waals surface area contributed by atoms with E-state index in [0.717, 1.165) is 3.57 Å². The standard InChI is InChI=1S/C25H23IN2O6S/c1-5-11-34-23-19(26)12-16(14-21(23)33-6-2)13-20-24(30)28(17-7-9-18(31-3)10-8-17)25(35)27(20)15-22(29)32-4/h1,7-10,12-14H,6,11,15H2,2-4H3/b20-13-. The number of terminal acetylenes is 1. The summed E-state index contributed by atoms with van der Waals surface area (Å²) >= 11 is 7.70. The summed E-state index contributed by atoms with van der Waals surface area (Å²) in [6.07, 6.45) is 6.98. The number of carbonyl (C=O) groups is 2. The van der Waals surface area contributed by atoms with Crippen LogP contribution >= 0.6 is 34.8 Å². The SMILES string of the molecule is C#CCOc1c(I)cc(/C=C2/C(=O)N(c3ccc(OC)cc3)C(=S)N2CC(=O)OC)cc1OCC. The van der Waals surface area contributed by atoms with Gasteiger partial charge >= 0.3 is 5.97 Å². The van der Waals surface area contributed by atoms with Crippen LogP contribution < -0.4 is 19.1 Å². The third-order valence-corrected chi connectivity index (χ3v) is 6.12. The molecule has 0 spiro atoms. The van der Waals surface area contributed by atoms with Crippen LogP contribution in [0.2, 0.25) is 0 Å². The van der Waals surface area contributed by atoms with E-state index in [2.05, 4.69) is 28.5 Å². The van der Waals surface area contributed by atoms with Gasteiger partial charge in [0, 0.05) is 0 Å². The number of amides is 1. The van der Waals surface area contributed by atoms with E-state index in [4.69, 9.17) is 37.6 Å². The number of thiocarbonyl (C=S) groups is 1. The van der Waals surface area contributed by atoms with Crippen LogP contribution in [-0.2, 0) is 14.3 Å². The summed E-state index contributed by atoms with van der Waals surface area (Å²) in [7, 11) is 2.83. The zero-order valence-electron chi connectivity index (χ0n) is 19.4. The van der Waals surface area contributed by atoms with Crippen LogP contribution in [0.4, 0.5) is 5.69 Å². The fourth-order valence-corrected chi connectivity index (χ4v) is 4.46. The topological polar surface area (TPSA) is 77.5 Å². The number of anilines is 1. The third kappa shape index (κ3) is 5.86. The number of halogens is 1. The molecule has 0 atom stereocenters. The molecule has 1 aliphatic rings. The van der Waals surface area contributed by atoms with Gasteiger partial charge in [0.2, 0.25) is 0 Å². The summed E-state index contributed by atoms with van der Waals surface area (Å²) in [6.45, 7) is 2.13. The number of esters is 1. The number of ether oxygens (including phenoxy) is 4. The Morgan fingerprint density at radius 3 is 2.51 bits per heavy atom. The molecular formula is C25H23IN2O6S. The fourth-order valence-electron chi connectivity index (χ4n) is 3.33. The maximum atomic E-state index is 13.5. The van der Waals surface area contributed by atoms with E-state index in [9.17, 15) is 9.59 Å². The maximum Gasteiger partial charge on any atom is 0.325 e. The number of rotatable bonds is 9. The van der Waals surface area contributed by atoms with Crippen molar-refractivity contribution in [2.75, 3.05) is 38.9 Å². The van der Waals surface area contributed by atoms with Crippen molar-refractivity contribution >= 4 is 63.6 Å². The Bertz CT molecular complexity index is 1210. The molecule has 1 amide bonds. The molecule has 1 fully saturated rings. The Kier molecular flexibility index (Phi) is 8.95. The molecule has 1 heterocycles. The normalized spacial score (nSPS) is 14.2. The van der Waals surface area contributed by atoms with E-state index in [1.54, 1.807) is 43.5 Å². The van der Waals surface area contributed by atoms with Crippen LogP contribution in [0.1, 0.15) is 12.5 Å². The van der Waals surface area contributed by atoms with Crippen LogP contribution in [0, 0.1) is 15.9 Å². The highest BCUT2D eigenvalue weighted by molar-refractivity contribution is 14.1. The minimum atomic E-state index is -0.537. The smallest absolute Gasteiger partial charge is 0.325 e. The molecule has 2 aromatic rings. The molecule has 1 aliphatic heterocycles. The van der Waals surface area contributed by atoms with Crippen molar-refractivity contribution < 1.29 is 28.5 Å². The van der Waals surface area contributed by atoms with Crippen molar-refractivity contribution in [3.05, 3.63) is 51.2 Å². The van der Waals surface area contributed by atoms with E-state index in [1.165, 1.54) is 16.9 Å². The molecule has 0 saturated carbocycles. The van der Waals surface area contributed by atoms with Crippen molar-refractivity contribution in [3.63, 3.8) is 0 Å². The first-order chi connectivity index (χ1) is 16.8. The Morgan fingerprint density at radius 1 is 1.20 bits per heavy atom. The van der Waals surface area contributed by atoms with E-state index in [1.807, 2.05) is 13.0 Å². The summed E-state index contributed by atoms with van der Waals surface area (Å²) in [5, 5.41) is 0.158. The van der Waals surface area contributed by atoms with Crippen molar-refractivity contribution in [1.82, 2.24) is 4.90 Å². The highest BCUT2D eigenvalue weighted by atomic mass is 127. The predicted molar refractivity (Wildman–Crippen MR) is 144 cm³/mol. The molecule has 0 bridgehead atoms. The summed E-state index contributed by atoms with van der Waals surface area (Å²) < 4.78 is 22.2. The molecular weight excluding hydrogens is 583 g/mol. The van der Waals surface area contributed by atoms with Crippen LogP contribution in [0.25, 0.3) is 6.08 Å². The van der Waals surface area contributed by atoms with Crippen LogP contribution in [0.15, 0.2) is 42.1 Å². The van der Waals surface area contributed by atoms with Gasteiger partial charge in [0.25, 0.3) is 5.91 Å². The van der Waals surface area contributed by atoms with Gasteiger partial charge in [0.1, 0.15) is 24.6 Å². The molecule has 1 saturated heterocycles. The van der Waals surface area contributed by atoms with Crippen molar-refractivity contribution in [2.45, 2.75) is 6.92 Å². The molecule has 0 radical (unpaired) electrons. The van der Waals surface area contributed by atoms with E-state index >= 15 is 0 Å². The highest BCUT2D eigenvalue weighted by Gasteiger charge is 2.40. The summed E-state index contributed by atoms with van der Waals surface area (Å²) in [4.78, 5) is 28.5. The number of carbonyl (C=O) groups excluding carboxylic acids is 2. The number of methoxy groups -OCH3 is 2. The van der Waals surface area contributed by atoms with Gasteiger partial charge in [-0.2, -0.15) is 0 Å². The first kappa shape index (κ1) is 26.3. The molecule has 0 aliphatic carbocycles. The monoisotopic (exact) mass is 606 g/mol. The quantitative estimate of drug-likeness (QED) is 0.140. The van der Waals surface area contributed by atoms with Gasteiger partial charge in [-0.3, -0.25) is 14.5 Å². The zero-order chi connectivity index (χ0) is 25.5. The van der Waals surface area contributed by atoms with Crippen molar-refractivity contribution in [1.29, 1.82) is 0 Å². The first-order valence-corrected chi connectivity index (χ1v) is 11.9. The lowest BCUT2D eigenvalue weighted by Gasteiger charge is -2.19. The Morgan fingerprint density at radius 2 is 1.91 bits per heavy atom. The Labute approximate surface area is 222 Å². The lowest BCUT2D eigenvalue weighted by molar-refractivity contribution is -0.140. The molecule has 0 N–H and O–H groups in total. The molecule has 2 aromatic carbocycles. The third-order valence-electron chi connectivity index (χ3n) is 4.92. The summed E-state index contributed by atoms with van der Waals surface area (Å²) in [5.74, 6) is 3.16. The largest absolute Gasteiger partial charge is 0.497 e. The lowest BCUT2D eigenvalue weighted by Crippen LogP contribution is -2.35. The van der Waals surface area contributed by atoms with E-state index in [-0.39, 0.29) is 29.9 Å². The molecule has 35 heavy (non-hydrogen) atoms. The lowest BCUT2D eigenvalue weighted by atomic mass is 10.1. The Balaban J connectivity index is 2.07. The van der Waals surface area contributed by atoms with E-state index < -0.39 is 5.97 Å². The second-order valence-corrected chi connectivity index (χ2v) is 8.60. The average Bonchev–Trinajstić information content (AvgIpc) is 3.07. The number of nitrogens with zero attached hydrogens (tertiary/aromatic N) is 2. The average molecular weight is 606 g/mol. The molecule has 182 valence electrons. The fraction of sp³-hybridized carbons (Fsp3) is 0.240. The molecule has 8 nitrogen and oxygen atoms in total. The summed E-state index contributed by atoms with van der Waals surface area (Å²) in [6, 6.07) is 10.5. The summed E-state index contributed by atoms with van der Waals surface area (Å²) in [5.41, 5.74) is 1.41. The number of hydrogen-bond donors (Lipinski definition) is 0. The predicted octanol–water partition coefficient (Wildman–Crippen LogP) is 3.86. The molecule has 0 unspecified atom stereocenters. The van der Waals surface area contributed by atoms with Gasteiger partial charge in [-0.1, -0.05) is 5.92 Å². The first-order valence-electron chi connectivity index (χ1n) is 10.5. The Hall–Kier alpha value is -3.30.